The number of halogens is 11. The fourth-order valence-corrected chi connectivity index (χ4v) is 4.82. The van der Waals surface area contributed by atoms with Crippen molar-refractivity contribution in [1.29, 1.82) is 0 Å². The number of benzene rings is 4. The summed E-state index contributed by atoms with van der Waals surface area (Å²) in [6.45, 7) is 0. The Bertz CT molecular complexity index is 2370. The van der Waals surface area contributed by atoms with Crippen molar-refractivity contribution in [2.75, 3.05) is 0 Å². The van der Waals surface area contributed by atoms with Crippen LogP contribution in [0.25, 0.3) is 34.1 Å². The van der Waals surface area contributed by atoms with Crippen LogP contribution in [0.2, 0.25) is 0 Å². The molecule has 0 amide bonds. The molecule has 1 radical (unpaired) electrons. The summed E-state index contributed by atoms with van der Waals surface area (Å²) in [4.78, 5) is 3.87. The Morgan fingerprint density at radius 3 is 1.47 bits per heavy atom. The summed E-state index contributed by atoms with van der Waals surface area (Å²) in [5.74, 6) is -6.11. The molecule has 0 spiro atoms. The standard InChI is InChI=1S/2C15H7F4N2.C9H5F3N3.Ir/c2*16-10-1-3-14(12(18)7-10)20-5-6-21(9-20)15-4-2-11(17)8-13(15)19;10-9(11,12)8-5-7(14-15-8)6-3-1-2-4-13-6;/h2*1-3,5-8H;1-5H;/q3*-1;. The van der Waals surface area contributed by atoms with Gasteiger partial charge < -0.3 is 19.3 Å². The number of hydrogen-bond acceptors (Lipinski definition) is 2. The van der Waals surface area contributed by atoms with Gasteiger partial charge in [-0.3, -0.25) is 31.7 Å². The molecular formula is C39H19F11IrN7-3. The van der Waals surface area contributed by atoms with E-state index in [0.717, 1.165) is 42.5 Å². The molecule has 0 aliphatic heterocycles. The first kappa shape index (κ1) is 42.7. The van der Waals surface area contributed by atoms with Gasteiger partial charge in [0.25, 0.3) is 12.7 Å². The third-order valence-corrected chi connectivity index (χ3v) is 7.41. The number of alkyl halides is 3. The van der Waals surface area contributed by atoms with Gasteiger partial charge in [0.2, 0.25) is 0 Å². The van der Waals surface area contributed by atoms with E-state index in [1.165, 1.54) is 61.4 Å². The van der Waals surface area contributed by atoms with E-state index in [9.17, 15) is 48.3 Å². The average molecular weight is 987 g/mol. The monoisotopic (exact) mass is 987 g/mol. The molecule has 0 atom stereocenters. The number of pyridine rings is 1. The predicted molar refractivity (Wildman–Crippen MR) is 175 cm³/mol. The maximum atomic E-state index is 13.7. The molecule has 0 N–H and O–H groups in total. The summed E-state index contributed by atoms with van der Waals surface area (Å²) in [5.41, 5.74) is -0.503. The number of rotatable bonds is 5. The van der Waals surface area contributed by atoms with Crippen LogP contribution < -0.4 is 14.2 Å². The van der Waals surface area contributed by atoms with Crippen molar-refractivity contribution in [2.45, 2.75) is 6.18 Å². The van der Waals surface area contributed by atoms with Crippen LogP contribution in [0.1, 0.15) is 5.69 Å². The van der Waals surface area contributed by atoms with Crippen LogP contribution in [0.4, 0.5) is 48.3 Å². The Morgan fingerprint density at radius 1 is 0.586 bits per heavy atom. The SMILES string of the molecule is FC(F)(F)c1cc(-c2ccccn2)[n-]n1.Fc1c[c-]c(-n2[c-][n+](-c3ccc(F)cc3F)cc2)c(F)c1.Fc1c[c-]c(-n2[c-][n+](-c3ccc(F)cc3F)cc2)c(F)c1.[Ir]. The quantitative estimate of drug-likeness (QED) is 0.100. The normalized spacial score (nSPS) is 10.9. The van der Waals surface area contributed by atoms with Gasteiger partial charge >= 0.3 is 6.18 Å². The zero-order chi connectivity index (χ0) is 40.9. The molecule has 4 heterocycles. The molecule has 299 valence electrons. The first-order valence-electron chi connectivity index (χ1n) is 15.8. The Hall–Kier alpha value is -6.46. The summed E-state index contributed by atoms with van der Waals surface area (Å²) in [6, 6.07) is 20.2. The summed E-state index contributed by atoms with van der Waals surface area (Å²) in [6.07, 6.45) is 7.93. The molecular weight excluding hydrogens is 968 g/mol. The topological polar surface area (TPSA) is 57.5 Å². The number of hydrogen-bond donors (Lipinski definition) is 0. The van der Waals surface area contributed by atoms with Gasteiger partial charge in [-0.1, -0.05) is 11.8 Å². The van der Waals surface area contributed by atoms with Crippen molar-refractivity contribution in [3.8, 4) is 34.1 Å². The predicted octanol–water partition coefficient (Wildman–Crippen LogP) is 7.94. The Morgan fingerprint density at radius 2 is 1.07 bits per heavy atom. The fraction of sp³-hybridized carbons (Fsp3) is 0.0256. The summed E-state index contributed by atoms with van der Waals surface area (Å²) < 4.78 is 147. The van der Waals surface area contributed by atoms with Crippen LogP contribution in [0.15, 0.2) is 116 Å². The van der Waals surface area contributed by atoms with E-state index in [1.807, 2.05) is 0 Å². The minimum absolute atomic E-state index is 0. The van der Waals surface area contributed by atoms with Gasteiger partial charge in [-0.05, 0) is 53.8 Å². The smallest absolute Gasteiger partial charge is 0.431 e. The maximum Gasteiger partial charge on any atom is 0.431 e. The van der Waals surface area contributed by atoms with E-state index >= 15 is 0 Å². The van der Waals surface area contributed by atoms with Gasteiger partial charge in [-0.15, -0.1) is 24.3 Å². The van der Waals surface area contributed by atoms with Crippen molar-refractivity contribution < 1.29 is 77.5 Å². The van der Waals surface area contributed by atoms with E-state index in [1.54, 1.807) is 18.2 Å². The van der Waals surface area contributed by atoms with Crippen molar-refractivity contribution >= 4 is 0 Å². The van der Waals surface area contributed by atoms with Gasteiger partial charge in [-0.25, -0.2) is 17.6 Å². The molecule has 4 aromatic heterocycles. The van der Waals surface area contributed by atoms with Crippen molar-refractivity contribution in [2.24, 2.45) is 0 Å². The van der Waals surface area contributed by atoms with Crippen LogP contribution in [-0.4, -0.2) is 19.2 Å². The summed E-state index contributed by atoms with van der Waals surface area (Å²) in [5, 5.41) is 6.47. The van der Waals surface area contributed by atoms with Crippen LogP contribution in [0, 0.1) is 71.3 Å². The van der Waals surface area contributed by atoms with Gasteiger partial charge in [-0.2, -0.15) is 25.3 Å². The number of imidazole rings is 2. The number of nitrogens with zero attached hydrogens (tertiary/aromatic N) is 7. The molecule has 7 nitrogen and oxygen atoms in total. The maximum absolute atomic E-state index is 13.7. The second-order valence-electron chi connectivity index (χ2n) is 11.3. The van der Waals surface area contributed by atoms with Crippen molar-refractivity contribution in [3.05, 3.63) is 193 Å². The van der Waals surface area contributed by atoms with Gasteiger partial charge in [0.05, 0.1) is 0 Å². The molecule has 8 aromatic rings. The zero-order valence-electron chi connectivity index (χ0n) is 28.6. The van der Waals surface area contributed by atoms with Crippen LogP contribution in [-0.2, 0) is 26.3 Å². The van der Waals surface area contributed by atoms with Gasteiger partial charge in [0.15, 0.2) is 0 Å². The minimum Gasteiger partial charge on any atom is -0.573 e. The van der Waals surface area contributed by atoms with Crippen LogP contribution in [0.5, 0.6) is 0 Å². The van der Waals surface area contributed by atoms with Crippen LogP contribution >= 0.6 is 0 Å². The summed E-state index contributed by atoms with van der Waals surface area (Å²) in [7, 11) is 0. The Kier molecular flexibility index (Phi) is 13.4. The first-order chi connectivity index (χ1) is 27.2. The van der Waals surface area contributed by atoms with E-state index in [4.69, 9.17) is 0 Å². The molecule has 8 rings (SSSR count). The molecule has 0 aliphatic carbocycles. The number of aromatic nitrogens is 7. The molecule has 0 bridgehead atoms. The third kappa shape index (κ3) is 10.3. The van der Waals surface area contributed by atoms with Gasteiger partial charge in [0.1, 0.15) is 40.3 Å². The second-order valence-corrected chi connectivity index (χ2v) is 11.3. The Balaban J connectivity index is 0.000000167. The molecule has 58 heavy (non-hydrogen) atoms. The molecule has 0 aliphatic rings. The van der Waals surface area contributed by atoms with Gasteiger partial charge in [0, 0.05) is 92.2 Å². The molecule has 0 unspecified atom stereocenters. The first-order valence-corrected chi connectivity index (χ1v) is 15.8. The largest absolute Gasteiger partial charge is 0.573 e. The second kappa shape index (κ2) is 18.2. The van der Waals surface area contributed by atoms with E-state index in [0.29, 0.717) is 17.8 Å². The van der Waals surface area contributed by atoms with E-state index in [-0.39, 0.29) is 48.5 Å². The molecule has 4 aromatic carbocycles. The molecule has 0 fully saturated rings. The summed E-state index contributed by atoms with van der Waals surface area (Å²) >= 11 is 0. The zero-order valence-corrected chi connectivity index (χ0v) is 31.0. The average Bonchev–Trinajstić information content (AvgIpc) is 3.95. The fourth-order valence-electron chi connectivity index (χ4n) is 4.82. The van der Waals surface area contributed by atoms with Crippen molar-refractivity contribution in [3.63, 3.8) is 0 Å². The molecule has 19 heteroatoms. The molecule has 0 saturated heterocycles. The molecule has 0 saturated carbocycles. The minimum atomic E-state index is -4.46. The Labute approximate surface area is 334 Å². The van der Waals surface area contributed by atoms with E-state index in [2.05, 4.69) is 40.0 Å². The van der Waals surface area contributed by atoms with Crippen LogP contribution in [0.3, 0.4) is 0 Å². The van der Waals surface area contributed by atoms with E-state index < -0.39 is 58.4 Å². The third-order valence-electron chi connectivity index (χ3n) is 7.41. The van der Waals surface area contributed by atoms with Crippen molar-refractivity contribution in [1.82, 2.24) is 24.3 Å².